The quantitative estimate of drug-likeness (QED) is 0.854. The Hall–Kier alpha value is -2.11. The molecule has 0 radical (unpaired) electrons. The second kappa shape index (κ2) is 6.65. The van der Waals surface area contributed by atoms with Crippen LogP contribution in [0.1, 0.15) is 62.4 Å². The van der Waals surface area contributed by atoms with Gasteiger partial charge in [-0.15, -0.1) is 0 Å². The summed E-state index contributed by atoms with van der Waals surface area (Å²) in [6.45, 7) is 2.75. The van der Waals surface area contributed by atoms with Gasteiger partial charge in [-0.3, -0.25) is 9.48 Å². The zero-order valence-electron chi connectivity index (χ0n) is 15.1. The Bertz CT molecular complexity index is 757. The van der Waals surface area contributed by atoms with Crippen LogP contribution in [0.4, 0.5) is 0 Å². The van der Waals surface area contributed by atoms with Crippen molar-refractivity contribution in [1.29, 1.82) is 0 Å². The van der Waals surface area contributed by atoms with E-state index in [1.807, 2.05) is 30.9 Å². The highest BCUT2D eigenvalue weighted by Crippen LogP contribution is 2.38. The molecule has 2 fully saturated rings. The maximum absolute atomic E-state index is 13.1. The second-order valence-electron chi connectivity index (χ2n) is 7.46. The van der Waals surface area contributed by atoms with Crippen LogP contribution in [0.25, 0.3) is 11.3 Å². The average Bonchev–Trinajstić information content (AvgIpc) is 3.35. The first kappa shape index (κ1) is 16.4. The lowest BCUT2D eigenvalue weighted by atomic mass is 9.94. The third-order valence-electron chi connectivity index (χ3n) is 5.56. The van der Waals surface area contributed by atoms with Gasteiger partial charge in [-0.25, -0.2) is 0 Å². The standard InChI is InChI=1S/C19H26N4O2/c1-13-11-17(25-21-13)15-12-22(2)20-18(15)16-9-5-6-10-23(16)19(24)14-7-3-4-8-14/h11-12,14,16H,3-10H2,1-2H3/t16-/m1/s1. The van der Waals surface area contributed by atoms with E-state index in [2.05, 4.69) is 10.1 Å². The Labute approximate surface area is 148 Å². The number of carbonyl (C=O) groups is 1. The fourth-order valence-corrected chi connectivity index (χ4v) is 4.32. The molecule has 25 heavy (non-hydrogen) atoms. The van der Waals surface area contributed by atoms with Gasteiger partial charge in [0.1, 0.15) is 0 Å². The van der Waals surface area contributed by atoms with Gasteiger partial charge < -0.3 is 9.42 Å². The van der Waals surface area contributed by atoms with Crippen molar-refractivity contribution in [3.63, 3.8) is 0 Å². The van der Waals surface area contributed by atoms with Crippen molar-refractivity contribution in [1.82, 2.24) is 19.8 Å². The van der Waals surface area contributed by atoms with Gasteiger partial charge in [0.25, 0.3) is 0 Å². The van der Waals surface area contributed by atoms with Crippen molar-refractivity contribution < 1.29 is 9.32 Å². The third kappa shape index (κ3) is 3.10. The average molecular weight is 342 g/mol. The fourth-order valence-electron chi connectivity index (χ4n) is 4.32. The van der Waals surface area contributed by atoms with Gasteiger partial charge in [0.05, 0.1) is 23.0 Å². The molecule has 6 heteroatoms. The molecule has 134 valence electrons. The zero-order valence-corrected chi connectivity index (χ0v) is 15.1. The molecule has 3 heterocycles. The molecule has 0 unspecified atom stereocenters. The van der Waals surface area contributed by atoms with Crippen molar-refractivity contribution in [3.8, 4) is 11.3 Å². The molecule has 2 aliphatic rings. The number of nitrogens with zero attached hydrogens (tertiary/aromatic N) is 4. The van der Waals surface area contributed by atoms with E-state index >= 15 is 0 Å². The van der Waals surface area contributed by atoms with Crippen molar-refractivity contribution in [2.45, 2.75) is 57.9 Å². The number of amides is 1. The Morgan fingerprint density at radius 1 is 1.20 bits per heavy atom. The molecule has 1 saturated heterocycles. The highest BCUT2D eigenvalue weighted by molar-refractivity contribution is 5.80. The summed E-state index contributed by atoms with van der Waals surface area (Å²) in [6, 6.07) is 1.98. The first-order valence-corrected chi connectivity index (χ1v) is 9.41. The first-order valence-electron chi connectivity index (χ1n) is 9.41. The number of aromatic nitrogens is 3. The minimum absolute atomic E-state index is 0.0449. The van der Waals surface area contributed by atoms with Crippen LogP contribution in [-0.4, -0.2) is 32.3 Å². The molecule has 6 nitrogen and oxygen atoms in total. The van der Waals surface area contributed by atoms with Crippen LogP contribution >= 0.6 is 0 Å². The van der Waals surface area contributed by atoms with Crippen LogP contribution < -0.4 is 0 Å². The van der Waals surface area contributed by atoms with E-state index in [1.165, 1.54) is 12.8 Å². The summed E-state index contributed by atoms with van der Waals surface area (Å²) in [4.78, 5) is 15.2. The number of likely N-dealkylation sites (tertiary alicyclic amines) is 1. The molecule has 2 aromatic heterocycles. The number of piperidine rings is 1. The van der Waals surface area contributed by atoms with E-state index in [0.717, 1.165) is 61.4 Å². The van der Waals surface area contributed by atoms with Gasteiger partial charge in [-0.1, -0.05) is 18.0 Å². The number of rotatable bonds is 3. The summed E-state index contributed by atoms with van der Waals surface area (Å²) >= 11 is 0. The maximum Gasteiger partial charge on any atom is 0.226 e. The number of aryl methyl sites for hydroxylation is 2. The molecule has 1 aliphatic carbocycles. The Kier molecular flexibility index (Phi) is 4.36. The SMILES string of the molecule is Cc1cc(-c2cn(C)nc2[C@H]2CCCCN2C(=O)C2CCCC2)on1. The molecule has 1 amide bonds. The normalized spacial score (nSPS) is 21.8. The number of hydrogen-bond acceptors (Lipinski definition) is 4. The van der Waals surface area contributed by atoms with Crippen LogP contribution in [0.2, 0.25) is 0 Å². The molecule has 0 spiro atoms. The number of carbonyl (C=O) groups excluding carboxylic acids is 1. The minimum Gasteiger partial charge on any atom is -0.356 e. The van der Waals surface area contributed by atoms with Gasteiger partial charge in [0.2, 0.25) is 5.91 Å². The molecule has 1 saturated carbocycles. The van der Waals surface area contributed by atoms with E-state index < -0.39 is 0 Å². The van der Waals surface area contributed by atoms with Crippen molar-refractivity contribution in [3.05, 3.63) is 23.7 Å². The summed E-state index contributed by atoms with van der Waals surface area (Å²) in [5.41, 5.74) is 2.76. The van der Waals surface area contributed by atoms with Gasteiger partial charge in [0.15, 0.2) is 5.76 Å². The highest BCUT2D eigenvalue weighted by Gasteiger charge is 2.36. The van der Waals surface area contributed by atoms with Gasteiger partial charge in [-0.2, -0.15) is 5.10 Å². The molecular formula is C19H26N4O2. The largest absolute Gasteiger partial charge is 0.356 e. The summed E-state index contributed by atoms with van der Waals surface area (Å²) in [6.07, 6.45) is 9.60. The van der Waals surface area contributed by atoms with Gasteiger partial charge in [0, 0.05) is 31.8 Å². The first-order chi connectivity index (χ1) is 12.1. The molecular weight excluding hydrogens is 316 g/mol. The summed E-state index contributed by atoms with van der Waals surface area (Å²) in [5, 5.41) is 8.73. The maximum atomic E-state index is 13.1. The Balaban J connectivity index is 1.68. The molecule has 0 N–H and O–H groups in total. The Morgan fingerprint density at radius 3 is 2.68 bits per heavy atom. The second-order valence-corrected chi connectivity index (χ2v) is 7.46. The Morgan fingerprint density at radius 2 is 1.96 bits per heavy atom. The minimum atomic E-state index is 0.0449. The van der Waals surface area contributed by atoms with Gasteiger partial charge in [-0.05, 0) is 39.0 Å². The van der Waals surface area contributed by atoms with E-state index in [9.17, 15) is 4.79 Å². The lowest BCUT2D eigenvalue weighted by molar-refractivity contribution is -0.139. The topological polar surface area (TPSA) is 64.2 Å². The van der Waals surface area contributed by atoms with Gasteiger partial charge >= 0.3 is 0 Å². The van der Waals surface area contributed by atoms with Crippen molar-refractivity contribution >= 4 is 5.91 Å². The van der Waals surface area contributed by atoms with Crippen LogP contribution in [0.5, 0.6) is 0 Å². The highest BCUT2D eigenvalue weighted by atomic mass is 16.5. The lowest BCUT2D eigenvalue weighted by Crippen LogP contribution is -2.41. The van der Waals surface area contributed by atoms with Crippen LogP contribution in [-0.2, 0) is 11.8 Å². The molecule has 0 aromatic carbocycles. The molecule has 4 rings (SSSR count). The van der Waals surface area contributed by atoms with Crippen molar-refractivity contribution in [2.75, 3.05) is 6.54 Å². The predicted molar refractivity (Wildman–Crippen MR) is 93.7 cm³/mol. The zero-order chi connectivity index (χ0) is 17.4. The summed E-state index contributed by atoms with van der Waals surface area (Å²) < 4.78 is 7.30. The van der Waals surface area contributed by atoms with Crippen LogP contribution in [0.3, 0.4) is 0 Å². The van der Waals surface area contributed by atoms with E-state index in [1.54, 1.807) is 0 Å². The molecule has 1 atom stereocenters. The molecule has 0 bridgehead atoms. The van der Waals surface area contributed by atoms with Crippen LogP contribution in [0.15, 0.2) is 16.8 Å². The summed E-state index contributed by atoms with van der Waals surface area (Å²) in [5.74, 6) is 1.27. The molecule has 2 aromatic rings. The van der Waals surface area contributed by atoms with E-state index in [0.29, 0.717) is 5.91 Å². The van der Waals surface area contributed by atoms with E-state index in [4.69, 9.17) is 9.62 Å². The predicted octanol–water partition coefficient (Wildman–Crippen LogP) is 3.63. The fraction of sp³-hybridized carbons (Fsp3) is 0.632. The molecule has 1 aliphatic heterocycles. The van der Waals surface area contributed by atoms with E-state index in [-0.39, 0.29) is 12.0 Å². The monoisotopic (exact) mass is 342 g/mol. The smallest absolute Gasteiger partial charge is 0.226 e. The lowest BCUT2D eigenvalue weighted by Gasteiger charge is -2.36. The number of hydrogen-bond donors (Lipinski definition) is 0. The third-order valence-corrected chi connectivity index (χ3v) is 5.56. The van der Waals surface area contributed by atoms with Crippen LogP contribution in [0, 0.1) is 12.8 Å². The summed E-state index contributed by atoms with van der Waals surface area (Å²) in [7, 11) is 1.92. The van der Waals surface area contributed by atoms with Crippen molar-refractivity contribution in [2.24, 2.45) is 13.0 Å².